The molecule has 2 aromatic heterocycles. The molecular formula is C19H18N2O2S. The molecule has 0 aliphatic rings. The van der Waals surface area contributed by atoms with Gasteiger partial charge in [-0.3, -0.25) is 9.78 Å². The molecule has 0 aliphatic heterocycles. The number of anilines is 1. The molecule has 24 heavy (non-hydrogen) atoms. The highest BCUT2D eigenvalue weighted by atomic mass is 32.1. The summed E-state index contributed by atoms with van der Waals surface area (Å²) in [4.78, 5) is 19.6. The zero-order valence-corrected chi connectivity index (χ0v) is 14.2. The lowest BCUT2D eigenvalue weighted by atomic mass is 10.2. The molecule has 0 unspecified atom stereocenters. The van der Waals surface area contributed by atoms with E-state index in [1.807, 2.05) is 60.8 Å². The Hall–Kier alpha value is -2.66. The Morgan fingerprint density at radius 1 is 1.12 bits per heavy atom. The summed E-state index contributed by atoms with van der Waals surface area (Å²) in [5, 5.41) is 2.01. The van der Waals surface area contributed by atoms with Crippen LogP contribution in [0, 0.1) is 6.92 Å². The average Bonchev–Trinajstić information content (AvgIpc) is 3.13. The first-order valence-electron chi connectivity index (χ1n) is 7.64. The Labute approximate surface area is 145 Å². The standard InChI is InChI=1S/C19H18N2O2S/c1-15-4-6-17(7-5-15)23-14-19(22)21(13-18-3-2-12-24-18)16-8-10-20-11-9-16/h2-12H,13-14H2,1H3. The third-order valence-electron chi connectivity index (χ3n) is 3.55. The number of thiophene rings is 1. The molecule has 0 spiro atoms. The van der Waals surface area contributed by atoms with Gasteiger partial charge >= 0.3 is 0 Å². The fourth-order valence-electron chi connectivity index (χ4n) is 2.26. The molecule has 0 atom stereocenters. The van der Waals surface area contributed by atoms with Crippen molar-refractivity contribution in [3.05, 3.63) is 76.7 Å². The predicted molar refractivity (Wildman–Crippen MR) is 96.4 cm³/mol. The van der Waals surface area contributed by atoms with Gasteiger partial charge in [0.1, 0.15) is 5.75 Å². The van der Waals surface area contributed by atoms with Gasteiger partial charge in [-0.2, -0.15) is 0 Å². The van der Waals surface area contributed by atoms with E-state index in [1.54, 1.807) is 28.6 Å². The van der Waals surface area contributed by atoms with Crippen LogP contribution in [0.4, 0.5) is 5.69 Å². The summed E-state index contributed by atoms with van der Waals surface area (Å²) in [6, 6.07) is 15.3. The number of carbonyl (C=O) groups is 1. The van der Waals surface area contributed by atoms with Crippen LogP contribution in [0.25, 0.3) is 0 Å². The van der Waals surface area contributed by atoms with Gasteiger partial charge in [0.05, 0.1) is 6.54 Å². The molecule has 3 rings (SSSR count). The summed E-state index contributed by atoms with van der Waals surface area (Å²) in [6.07, 6.45) is 3.37. The van der Waals surface area contributed by atoms with Crippen LogP contribution in [0.15, 0.2) is 66.3 Å². The van der Waals surface area contributed by atoms with E-state index >= 15 is 0 Å². The van der Waals surface area contributed by atoms with Crippen LogP contribution in [-0.2, 0) is 11.3 Å². The maximum atomic E-state index is 12.7. The van der Waals surface area contributed by atoms with Crippen LogP contribution >= 0.6 is 11.3 Å². The maximum absolute atomic E-state index is 12.7. The highest BCUT2D eigenvalue weighted by Gasteiger charge is 2.17. The number of rotatable bonds is 6. The Morgan fingerprint density at radius 3 is 2.54 bits per heavy atom. The van der Waals surface area contributed by atoms with E-state index in [9.17, 15) is 4.79 Å². The molecule has 122 valence electrons. The van der Waals surface area contributed by atoms with Crippen molar-refractivity contribution in [2.45, 2.75) is 13.5 Å². The Bertz CT molecular complexity index is 771. The van der Waals surface area contributed by atoms with Gasteiger partial charge in [-0.25, -0.2) is 0 Å². The summed E-state index contributed by atoms with van der Waals surface area (Å²) >= 11 is 1.63. The van der Waals surface area contributed by atoms with Crippen LogP contribution in [0.1, 0.15) is 10.4 Å². The maximum Gasteiger partial charge on any atom is 0.265 e. The number of amides is 1. The number of benzene rings is 1. The number of ether oxygens (including phenoxy) is 1. The molecule has 4 nitrogen and oxygen atoms in total. The minimum Gasteiger partial charge on any atom is -0.484 e. The smallest absolute Gasteiger partial charge is 0.265 e. The van der Waals surface area contributed by atoms with E-state index in [-0.39, 0.29) is 12.5 Å². The van der Waals surface area contributed by atoms with E-state index in [0.29, 0.717) is 12.3 Å². The van der Waals surface area contributed by atoms with Crippen LogP contribution in [0.2, 0.25) is 0 Å². The highest BCUT2D eigenvalue weighted by molar-refractivity contribution is 7.09. The summed E-state index contributed by atoms with van der Waals surface area (Å²) in [6.45, 7) is 2.54. The second kappa shape index (κ2) is 7.75. The van der Waals surface area contributed by atoms with Crippen LogP contribution in [-0.4, -0.2) is 17.5 Å². The minimum atomic E-state index is -0.0878. The fraction of sp³-hybridized carbons (Fsp3) is 0.158. The first kappa shape index (κ1) is 16.2. The monoisotopic (exact) mass is 338 g/mol. The van der Waals surface area contributed by atoms with E-state index in [4.69, 9.17) is 4.74 Å². The van der Waals surface area contributed by atoms with Crippen molar-refractivity contribution in [2.24, 2.45) is 0 Å². The molecule has 0 saturated heterocycles. The van der Waals surface area contributed by atoms with Crippen LogP contribution in [0.3, 0.4) is 0 Å². The number of nitrogens with zero attached hydrogens (tertiary/aromatic N) is 2. The molecule has 1 amide bonds. The molecule has 0 N–H and O–H groups in total. The number of pyridine rings is 1. The molecule has 5 heteroatoms. The van der Waals surface area contributed by atoms with E-state index in [1.165, 1.54) is 0 Å². The summed E-state index contributed by atoms with van der Waals surface area (Å²) in [7, 11) is 0. The van der Waals surface area contributed by atoms with Crippen molar-refractivity contribution in [1.29, 1.82) is 0 Å². The normalized spacial score (nSPS) is 10.4. The molecule has 0 aliphatic carbocycles. The lowest BCUT2D eigenvalue weighted by Crippen LogP contribution is -2.34. The van der Waals surface area contributed by atoms with Crippen molar-refractivity contribution in [3.8, 4) is 5.75 Å². The van der Waals surface area contributed by atoms with Gasteiger partial charge in [-0.05, 0) is 42.6 Å². The molecule has 0 saturated carbocycles. The lowest BCUT2D eigenvalue weighted by Gasteiger charge is -2.22. The zero-order valence-electron chi connectivity index (χ0n) is 13.4. The van der Waals surface area contributed by atoms with Gasteiger partial charge in [-0.15, -0.1) is 11.3 Å². The molecule has 0 bridgehead atoms. The molecule has 3 aromatic rings. The van der Waals surface area contributed by atoms with Crippen molar-refractivity contribution in [2.75, 3.05) is 11.5 Å². The molecule has 0 radical (unpaired) electrons. The Balaban J connectivity index is 1.72. The lowest BCUT2D eigenvalue weighted by molar-refractivity contribution is -0.120. The van der Waals surface area contributed by atoms with Gasteiger partial charge in [0.25, 0.3) is 5.91 Å². The minimum absolute atomic E-state index is 0.00322. The van der Waals surface area contributed by atoms with Gasteiger partial charge in [-0.1, -0.05) is 23.8 Å². The van der Waals surface area contributed by atoms with Crippen molar-refractivity contribution in [1.82, 2.24) is 4.98 Å². The average molecular weight is 338 g/mol. The molecule has 0 fully saturated rings. The number of aromatic nitrogens is 1. The topological polar surface area (TPSA) is 42.4 Å². The first-order valence-corrected chi connectivity index (χ1v) is 8.52. The second-order valence-corrected chi connectivity index (χ2v) is 6.40. The zero-order chi connectivity index (χ0) is 16.8. The summed E-state index contributed by atoms with van der Waals surface area (Å²) in [5.41, 5.74) is 1.97. The number of hydrogen-bond donors (Lipinski definition) is 0. The number of hydrogen-bond acceptors (Lipinski definition) is 4. The second-order valence-electron chi connectivity index (χ2n) is 5.37. The molecule has 1 aromatic carbocycles. The number of carbonyl (C=O) groups excluding carboxylic acids is 1. The van der Waals surface area contributed by atoms with Crippen LogP contribution in [0.5, 0.6) is 5.75 Å². The van der Waals surface area contributed by atoms with Gasteiger partial charge in [0.2, 0.25) is 0 Å². The highest BCUT2D eigenvalue weighted by Crippen LogP contribution is 2.20. The van der Waals surface area contributed by atoms with E-state index in [0.717, 1.165) is 16.1 Å². The SMILES string of the molecule is Cc1ccc(OCC(=O)N(Cc2cccs2)c2ccncc2)cc1. The van der Waals surface area contributed by atoms with E-state index in [2.05, 4.69) is 4.98 Å². The Morgan fingerprint density at radius 2 is 1.88 bits per heavy atom. The van der Waals surface area contributed by atoms with Crippen molar-refractivity contribution in [3.63, 3.8) is 0 Å². The van der Waals surface area contributed by atoms with E-state index < -0.39 is 0 Å². The largest absolute Gasteiger partial charge is 0.484 e. The third kappa shape index (κ3) is 4.20. The molecular weight excluding hydrogens is 320 g/mol. The third-order valence-corrected chi connectivity index (χ3v) is 4.41. The summed E-state index contributed by atoms with van der Waals surface area (Å²) < 4.78 is 5.64. The van der Waals surface area contributed by atoms with Gasteiger partial charge in [0, 0.05) is 23.0 Å². The van der Waals surface area contributed by atoms with Crippen LogP contribution < -0.4 is 9.64 Å². The quantitative estimate of drug-likeness (QED) is 0.680. The fourth-order valence-corrected chi connectivity index (χ4v) is 2.96. The predicted octanol–water partition coefficient (Wildman–Crippen LogP) is 4.06. The van der Waals surface area contributed by atoms with Gasteiger partial charge in [0.15, 0.2) is 6.61 Å². The van der Waals surface area contributed by atoms with Crippen molar-refractivity contribution >= 4 is 22.9 Å². The van der Waals surface area contributed by atoms with Gasteiger partial charge < -0.3 is 9.64 Å². The molecule has 2 heterocycles. The number of aryl methyl sites for hydroxylation is 1. The van der Waals surface area contributed by atoms with Crippen molar-refractivity contribution < 1.29 is 9.53 Å². The summed E-state index contributed by atoms with van der Waals surface area (Å²) in [5.74, 6) is 0.606. The Kier molecular flexibility index (Phi) is 5.23. The first-order chi connectivity index (χ1) is 11.7.